The maximum absolute atomic E-state index is 11.3. The highest BCUT2D eigenvalue weighted by molar-refractivity contribution is 6.30. The smallest absolute Gasteiger partial charge is 0.335 e. The number of aryl methyl sites for hydroxylation is 1. The summed E-state index contributed by atoms with van der Waals surface area (Å²) in [6, 6.07) is 20.3. The number of carboxylic acids is 1. The molecule has 0 spiro atoms. The molecule has 0 radical (unpaired) electrons. The average molecular weight is 425 g/mol. The number of carbonyl (C=O) groups is 1. The Balaban J connectivity index is 1.54. The van der Waals surface area contributed by atoms with E-state index < -0.39 is 12.1 Å². The maximum atomic E-state index is 11.3. The molecule has 30 heavy (non-hydrogen) atoms. The average Bonchev–Trinajstić information content (AvgIpc) is 2.73. The number of aromatic carboxylic acids is 1. The van der Waals surface area contributed by atoms with Crippen molar-refractivity contribution in [1.29, 1.82) is 0 Å². The summed E-state index contributed by atoms with van der Waals surface area (Å²) in [4.78, 5) is 11.3. The lowest BCUT2D eigenvalue weighted by Crippen LogP contribution is -2.26. The van der Waals surface area contributed by atoms with E-state index in [1.54, 1.807) is 24.3 Å². The SMILES string of the molecule is Cc1ccc(C(=O)O)cc1-c1cccc(NCCNCC(O)c2cccc(Cl)c2)c1. The van der Waals surface area contributed by atoms with E-state index in [1.807, 2.05) is 49.4 Å². The first-order chi connectivity index (χ1) is 14.4. The molecule has 0 fully saturated rings. The van der Waals surface area contributed by atoms with Crippen LogP contribution in [0.5, 0.6) is 0 Å². The number of benzene rings is 3. The second-order valence-electron chi connectivity index (χ2n) is 7.12. The van der Waals surface area contributed by atoms with E-state index in [-0.39, 0.29) is 5.56 Å². The van der Waals surface area contributed by atoms with Crippen molar-refractivity contribution in [2.24, 2.45) is 0 Å². The number of rotatable bonds is 9. The number of aliphatic hydroxyl groups is 1. The predicted octanol–water partition coefficient (Wildman–Crippen LogP) is 4.75. The zero-order valence-electron chi connectivity index (χ0n) is 16.7. The molecule has 0 saturated heterocycles. The van der Waals surface area contributed by atoms with Gasteiger partial charge >= 0.3 is 5.97 Å². The summed E-state index contributed by atoms with van der Waals surface area (Å²) >= 11 is 5.96. The Morgan fingerprint density at radius 2 is 1.83 bits per heavy atom. The quantitative estimate of drug-likeness (QED) is 0.373. The summed E-state index contributed by atoms with van der Waals surface area (Å²) in [5, 5.41) is 26.7. The monoisotopic (exact) mass is 424 g/mol. The first-order valence-corrected chi connectivity index (χ1v) is 10.1. The molecular formula is C24H25ClN2O3. The van der Waals surface area contributed by atoms with Gasteiger partial charge in [-0.05, 0) is 65.6 Å². The van der Waals surface area contributed by atoms with Gasteiger partial charge in [0.1, 0.15) is 0 Å². The number of halogens is 1. The topological polar surface area (TPSA) is 81.6 Å². The highest BCUT2D eigenvalue weighted by Gasteiger charge is 2.09. The Morgan fingerprint density at radius 1 is 1.03 bits per heavy atom. The van der Waals surface area contributed by atoms with E-state index >= 15 is 0 Å². The van der Waals surface area contributed by atoms with Crippen LogP contribution in [0.4, 0.5) is 5.69 Å². The molecule has 0 aliphatic rings. The fraction of sp³-hybridized carbons (Fsp3) is 0.208. The lowest BCUT2D eigenvalue weighted by molar-refractivity contribution is 0.0697. The van der Waals surface area contributed by atoms with Gasteiger partial charge in [0.25, 0.3) is 0 Å². The molecule has 6 heteroatoms. The van der Waals surface area contributed by atoms with Crippen molar-refractivity contribution in [3.8, 4) is 11.1 Å². The normalized spacial score (nSPS) is 11.8. The van der Waals surface area contributed by atoms with Gasteiger partial charge in [-0.1, -0.05) is 41.9 Å². The Morgan fingerprint density at radius 3 is 2.60 bits per heavy atom. The van der Waals surface area contributed by atoms with Crippen LogP contribution in [0.25, 0.3) is 11.1 Å². The Labute approximate surface area is 181 Å². The molecular weight excluding hydrogens is 400 g/mol. The summed E-state index contributed by atoms with van der Waals surface area (Å²) < 4.78 is 0. The van der Waals surface area contributed by atoms with E-state index in [0.717, 1.165) is 27.9 Å². The number of nitrogens with one attached hydrogen (secondary N) is 2. The van der Waals surface area contributed by atoms with Crippen LogP contribution in [-0.4, -0.2) is 35.8 Å². The van der Waals surface area contributed by atoms with Crippen molar-refractivity contribution in [1.82, 2.24) is 5.32 Å². The van der Waals surface area contributed by atoms with Crippen LogP contribution in [0.1, 0.15) is 27.6 Å². The minimum atomic E-state index is -0.934. The van der Waals surface area contributed by atoms with Crippen molar-refractivity contribution in [2.45, 2.75) is 13.0 Å². The second-order valence-corrected chi connectivity index (χ2v) is 7.55. The molecule has 3 aromatic rings. The summed E-state index contributed by atoms with van der Waals surface area (Å²) in [6.45, 7) is 3.76. The largest absolute Gasteiger partial charge is 0.478 e. The van der Waals surface area contributed by atoms with E-state index in [0.29, 0.717) is 24.7 Å². The highest BCUT2D eigenvalue weighted by Crippen LogP contribution is 2.27. The molecule has 1 unspecified atom stereocenters. The third-order valence-electron chi connectivity index (χ3n) is 4.86. The maximum Gasteiger partial charge on any atom is 0.335 e. The number of anilines is 1. The Kier molecular flexibility index (Phi) is 7.46. The standard InChI is InChI=1S/C24H25ClN2O3/c1-16-8-9-19(24(29)30)14-22(16)17-4-3-7-21(13-17)27-11-10-26-15-23(28)18-5-2-6-20(25)12-18/h2-9,12-14,23,26-28H,10-11,15H2,1H3,(H,29,30). The summed E-state index contributed by atoms with van der Waals surface area (Å²) in [5.74, 6) is -0.934. The fourth-order valence-electron chi connectivity index (χ4n) is 3.23. The zero-order valence-corrected chi connectivity index (χ0v) is 17.5. The van der Waals surface area contributed by atoms with Gasteiger partial charge < -0.3 is 20.8 Å². The van der Waals surface area contributed by atoms with Gasteiger partial charge in [0, 0.05) is 30.3 Å². The van der Waals surface area contributed by atoms with Crippen LogP contribution >= 0.6 is 11.6 Å². The van der Waals surface area contributed by atoms with Crippen LogP contribution in [0.2, 0.25) is 5.02 Å². The molecule has 3 aromatic carbocycles. The fourth-order valence-corrected chi connectivity index (χ4v) is 3.43. The van der Waals surface area contributed by atoms with Crippen LogP contribution < -0.4 is 10.6 Å². The number of hydrogen-bond acceptors (Lipinski definition) is 4. The van der Waals surface area contributed by atoms with Crippen molar-refractivity contribution in [3.63, 3.8) is 0 Å². The molecule has 5 nitrogen and oxygen atoms in total. The van der Waals surface area contributed by atoms with Crippen LogP contribution in [-0.2, 0) is 0 Å². The van der Waals surface area contributed by atoms with E-state index in [4.69, 9.17) is 11.6 Å². The lowest BCUT2D eigenvalue weighted by Gasteiger charge is -2.14. The molecule has 0 saturated carbocycles. The van der Waals surface area contributed by atoms with Crippen molar-refractivity contribution < 1.29 is 15.0 Å². The predicted molar refractivity (Wildman–Crippen MR) is 121 cm³/mol. The first kappa shape index (κ1) is 21.8. The third-order valence-corrected chi connectivity index (χ3v) is 5.10. The lowest BCUT2D eigenvalue weighted by atomic mass is 9.98. The van der Waals surface area contributed by atoms with Gasteiger partial charge in [-0.25, -0.2) is 4.79 Å². The van der Waals surface area contributed by atoms with Crippen LogP contribution in [0, 0.1) is 6.92 Å². The van der Waals surface area contributed by atoms with Gasteiger partial charge in [0.15, 0.2) is 0 Å². The molecule has 0 heterocycles. The molecule has 1 atom stereocenters. The molecule has 0 aromatic heterocycles. The van der Waals surface area contributed by atoms with Crippen molar-refractivity contribution >= 4 is 23.3 Å². The molecule has 0 aliphatic heterocycles. The third kappa shape index (κ3) is 5.83. The number of carboxylic acid groups (broad SMARTS) is 1. The Hall–Kier alpha value is -2.86. The second kappa shape index (κ2) is 10.3. The minimum absolute atomic E-state index is 0.274. The van der Waals surface area contributed by atoms with Gasteiger partial charge in [0.05, 0.1) is 11.7 Å². The molecule has 156 valence electrons. The molecule has 0 bridgehead atoms. The summed E-state index contributed by atoms with van der Waals surface area (Å²) in [7, 11) is 0. The summed E-state index contributed by atoms with van der Waals surface area (Å²) in [6.07, 6.45) is -0.614. The van der Waals surface area contributed by atoms with Gasteiger partial charge in [-0.3, -0.25) is 0 Å². The van der Waals surface area contributed by atoms with E-state index in [9.17, 15) is 15.0 Å². The first-order valence-electron chi connectivity index (χ1n) is 9.76. The van der Waals surface area contributed by atoms with Crippen molar-refractivity contribution in [3.05, 3.63) is 88.4 Å². The zero-order chi connectivity index (χ0) is 21.5. The minimum Gasteiger partial charge on any atom is -0.478 e. The van der Waals surface area contributed by atoms with Gasteiger partial charge in [-0.2, -0.15) is 0 Å². The summed E-state index contributed by atoms with van der Waals surface area (Å²) in [5.41, 5.74) is 4.90. The van der Waals surface area contributed by atoms with Gasteiger partial charge in [-0.15, -0.1) is 0 Å². The van der Waals surface area contributed by atoms with E-state index in [1.165, 1.54) is 0 Å². The van der Waals surface area contributed by atoms with Crippen LogP contribution in [0.15, 0.2) is 66.7 Å². The van der Waals surface area contributed by atoms with E-state index in [2.05, 4.69) is 10.6 Å². The van der Waals surface area contributed by atoms with Gasteiger partial charge in [0.2, 0.25) is 0 Å². The number of aliphatic hydroxyl groups excluding tert-OH is 1. The van der Waals surface area contributed by atoms with Crippen molar-refractivity contribution in [2.75, 3.05) is 25.0 Å². The Bertz CT molecular complexity index is 1020. The molecule has 3 rings (SSSR count). The molecule has 4 N–H and O–H groups in total. The number of hydrogen-bond donors (Lipinski definition) is 4. The highest BCUT2D eigenvalue weighted by atomic mass is 35.5. The molecule has 0 amide bonds. The molecule has 0 aliphatic carbocycles. The van der Waals surface area contributed by atoms with Crippen LogP contribution in [0.3, 0.4) is 0 Å².